The minimum atomic E-state index is -0.902. The van der Waals surface area contributed by atoms with Gasteiger partial charge >= 0.3 is 5.97 Å². The molecule has 0 fully saturated rings. The number of nitrogens with one attached hydrogen (secondary N) is 1. The summed E-state index contributed by atoms with van der Waals surface area (Å²) in [6.07, 6.45) is 0. The van der Waals surface area contributed by atoms with Crippen molar-refractivity contribution in [1.82, 2.24) is 0 Å². The van der Waals surface area contributed by atoms with Gasteiger partial charge in [-0.2, -0.15) is 0 Å². The van der Waals surface area contributed by atoms with Gasteiger partial charge in [0, 0.05) is 16.7 Å². The van der Waals surface area contributed by atoms with E-state index in [0.29, 0.717) is 12.1 Å². The number of carbonyl (C=O) groups is 1. The number of aryl methyl sites for hydroxylation is 1. The molecule has 0 saturated heterocycles. The Labute approximate surface area is 120 Å². The predicted octanol–water partition coefficient (Wildman–Crippen LogP) is 4.07. The first-order valence-electron chi connectivity index (χ1n) is 5.89. The van der Waals surface area contributed by atoms with Gasteiger partial charge in [0.1, 0.15) is 0 Å². The number of anilines is 1. The Hall–Kier alpha value is -1.81. The molecule has 0 saturated carbocycles. The van der Waals surface area contributed by atoms with Gasteiger partial charge in [0.25, 0.3) is 0 Å². The molecule has 3 nitrogen and oxygen atoms in total. The molecule has 2 N–H and O–H groups in total. The van der Waals surface area contributed by atoms with Crippen molar-refractivity contribution >= 4 is 27.6 Å². The third-order valence-electron chi connectivity index (χ3n) is 2.88. The van der Waals surface area contributed by atoms with E-state index in [1.54, 1.807) is 12.1 Å². The standard InChI is InChI=1S/C15H14BrNO2/c1-10-3-2-4-13(14(10)16)17-9-11-5-7-12(8-6-11)15(18)19/h2-8,17H,9H2,1H3,(H,18,19). The van der Waals surface area contributed by atoms with E-state index in [1.165, 1.54) is 5.56 Å². The zero-order valence-electron chi connectivity index (χ0n) is 10.5. The largest absolute Gasteiger partial charge is 0.478 e. The van der Waals surface area contributed by atoms with Gasteiger partial charge in [-0.3, -0.25) is 0 Å². The lowest BCUT2D eigenvalue weighted by atomic mass is 10.1. The monoisotopic (exact) mass is 319 g/mol. The molecule has 2 aromatic rings. The maximum atomic E-state index is 10.8. The SMILES string of the molecule is Cc1cccc(NCc2ccc(C(=O)O)cc2)c1Br. The summed E-state index contributed by atoms with van der Waals surface area (Å²) in [4.78, 5) is 10.8. The number of carboxylic acids is 1. The molecule has 0 spiro atoms. The first kappa shape index (κ1) is 13.6. The van der Waals surface area contributed by atoms with Crippen LogP contribution in [0.25, 0.3) is 0 Å². The van der Waals surface area contributed by atoms with Crippen molar-refractivity contribution in [2.24, 2.45) is 0 Å². The van der Waals surface area contributed by atoms with Crippen LogP contribution in [0, 0.1) is 6.92 Å². The molecule has 4 heteroatoms. The van der Waals surface area contributed by atoms with Crippen LogP contribution in [0.15, 0.2) is 46.9 Å². The average molecular weight is 320 g/mol. The molecular formula is C15H14BrNO2. The summed E-state index contributed by atoms with van der Waals surface area (Å²) in [5.74, 6) is -0.902. The second-order valence-electron chi connectivity index (χ2n) is 4.29. The van der Waals surface area contributed by atoms with E-state index in [1.807, 2.05) is 37.3 Å². The lowest BCUT2D eigenvalue weighted by Crippen LogP contribution is -2.02. The highest BCUT2D eigenvalue weighted by atomic mass is 79.9. The molecular weight excluding hydrogens is 306 g/mol. The van der Waals surface area contributed by atoms with E-state index < -0.39 is 5.97 Å². The van der Waals surface area contributed by atoms with Gasteiger partial charge < -0.3 is 10.4 Å². The Bertz CT molecular complexity index is 594. The maximum absolute atomic E-state index is 10.8. The minimum Gasteiger partial charge on any atom is -0.478 e. The van der Waals surface area contributed by atoms with Crippen LogP contribution in [-0.2, 0) is 6.54 Å². The number of hydrogen-bond acceptors (Lipinski definition) is 2. The van der Waals surface area contributed by atoms with E-state index in [-0.39, 0.29) is 0 Å². The summed E-state index contributed by atoms with van der Waals surface area (Å²) < 4.78 is 1.05. The molecule has 19 heavy (non-hydrogen) atoms. The molecule has 2 rings (SSSR count). The topological polar surface area (TPSA) is 49.3 Å². The molecule has 0 aliphatic heterocycles. The summed E-state index contributed by atoms with van der Waals surface area (Å²) in [5, 5.41) is 12.2. The summed E-state index contributed by atoms with van der Waals surface area (Å²) >= 11 is 3.54. The zero-order chi connectivity index (χ0) is 13.8. The number of benzene rings is 2. The predicted molar refractivity (Wildman–Crippen MR) is 79.6 cm³/mol. The van der Waals surface area contributed by atoms with Gasteiger partial charge in [0.2, 0.25) is 0 Å². The molecule has 0 amide bonds. The lowest BCUT2D eigenvalue weighted by molar-refractivity contribution is 0.0697. The number of hydrogen-bond donors (Lipinski definition) is 2. The minimum absolute atomic E-state index is 0.306. The highest BCUT2D eigenvalue weighted by Gasteiger charge is 2.03. The molecule has 98 valence electrons. The quantitative estimate of drug-likeness (QED) is 0.893. The Kier molecular flexibility index (Phi) is 4.22. The van der Waals surface area contributed by atoms with Crippen molar-refractivity contribution in [2.75, 3.05) is 5.32 Å². The van der Waals surface area contributed by atoms with Crippen LogP contribution in [0.2, 0.25) is 0 Å². The van der Waals surface area contributed by atoms with Crippen molar-refractivity contribution < 1.29 is 9.90 Å². The van der Waals surface area contributed by atoms with Crippen LogP contribution >= 0.6 is 15.9 Å². The third-order valence-corrected chi connectivity index (χ3v) is 3.93. The normalized spacial score (nSPS) is 10.2. The van der Waals surface area contributed by atoms with E-state index in [4.69, 9.17) is 5.11 Å². The molecule has 0 aliphatic rings. The number of halogens is 1. The van der Waals surface area contributed by atoms with Crippen molar-refractivity contribution in [1.29, 1.82) is 0 Å². The molecule has 0 heterocycles. The molecule has 2 aromatic carbocycles. The number of carboxylic acid groups (broad SMARTS) is 1. The van der Waals surface area contributed by atoms with Gasteiger partial charge in [-0.1, -0.05) is 24.3 Å². The number of rotatable bonds is 4. The summed E-state index contributed by atoms with van der Waals surface area (Å²) in [6.45, 7) is 2.69. The zero-order valence-corrected chi connectivity index (χ0v) is 12.1. The summed E-state index contributed by atoms with van der Waals surface area (Å²) in [5.41, 5.74) is 3.55. The number of aromatic carboxylic acids is 1. The molecule has 0 atom stereocenters. The summed E-state index contributed by atoms with van der Waals surface area (Å²) in [6, 6.07) is 12.9. The van der Waals surface area contributed by atoms with E-state index in [2.05, 4.69) is 21.2 Å². The van der Waals surface area contributed by atoms with Crippen LogP contribution in [0.5, 0.6) is 0 Å². The van der Waals surface area contributed by atoms with Crippen molar-refractivity contribution in [3.8, 4) is 0 Å². The van der Waals surface area contributed by atoms with Gasteiger partial charge in [-0.25, -0.2) is 4.79 Å². The van der Waals surface area contributed by atoms with E-state index in [9.17, 15) is 4.79 Å². The molecule has 0 aromatic heterocycles. The van der Waals surface area contributed by atoms with E-state index in [0.717, 1.165) is 15.7 Å². The fraction of sp³-hybridized carbons (Fsp3) is 0.133. The Morgan fingerprint density at radius 2 is 1.89 bits per heavy atom. The third kappa shape index (κ3) is 3.35. The Morgan fingerprint density at radius 3 is 2.53 bits per heavy atom. The highest BCUT2D eigenvalue weighted by molar-refractivity contribution is 9.10. The van der Waals surface area contributed by atoms with Crippen LogP contribution in [-0.4, -0.2) is 11.1 Å². The van der Waals surface area contributed by atoms with Crippen molar-refractivity contribution in [2.45, 2.75) is 13.5 Å². The second kappa shape index (κ2) is 5.89. The smallest absolute Gasteiger partial charge is 0.335 e. The molecule has 0 bridgehead atoms. The highest BCUT2D eigenvalue weighted by Crippen LogP contribution is 2.26. The van der Waals surface area contributed by atoms with Crippen LogP contribution in [0.4, 0.5) is 5.69 Å². The van der Waals surface area contributed by atoms with E-state index >= 15 is 0 Å². The van der Waals surface area contributed by atoms with Gasteiger partial charge in [-0.15, -0.1) is 0 Å². The lowest BCUT2D eigenvalue weighted by Gasteiger charge is -2.10. The molecule has 0 radical (unpaired) electrons. The summed E-state index contributed by atoms with van der Waals surface area (Å²) in [7, 11) is 0. The van der Waals surface area contributed by atoms with Gasteiger partial charge in [-0.05, 0) is 52.2 Å². The Morgan fingerprint density at radius 1 is 1.21 bits per heavy atom. The van der Waals surface area contributed by atoms with Crippen LogP contribution in [0.1, 0.15) is 21.5 Å². The fourth-order valence-electron chi connectivity index (χ4n) is 1.75. The molecule has 0 unspecified atom stereocenters. The first-order valence-corrected chi connectivity index (χ1v) is 6.68. The fourth-order valence-corrected chi connectivity index (χ4v) is 2.15. The van der Waals surface area contributed by atoms with Crippen molar-refractivity contribution in [3.05, 3.63) is 63.6 Å². The Balaban J connectivity index is 2.06. The van der Waals surface area contributed by atoms with Crippen molar-refractivity contribution in [3.63, 3.8) is 0 Å². The van der Waals surface area contributed by atoms with Crippen LogP contribution in [0.3, 0.4) is 0 Å². The maximum Gasteiger partial charge on any atom is 0.335 e. The van der Waals surface area contributed by atoms with Crippen LogP contribution < -0.4 is 5.32 Å². The average Bonchev–Trinajstić information content (AvgIpc) is 2.41. The van der Waals surface area contributed by atoms with Gasteiger partial charge in [0.15, 0.2) is 0 Å². The first-order chi connectivity index (χ1) is 9.08. The molecule has 0 aliphatic carbocycles. The second-order valence-corrected chi connectivity index (χ2v) is 5.09. The van der Waals surface area contributed by atoms with Gasteiger partial charge in [0.05, 0.1) is 5.56 Å².